The SMILES string of the molecule is S=P(c1ccncc1)(c1ccc2cc(-c3ccc4nc5c6c7ccccc7ccc6c6ccc(-c7ccc(P(=[Se])(c8ccccc8)c8ccc9ccccc9c8)c8ccccc78)cc6n5c4c3)ccc2c1)c1cccc2ccccc12. The van der Waals surface area contributed by atoms with Crippen molar-refractivity contribution in [3.63, 3.8) is 0 Å². The molecule has 16 aromatic rings. The maximum absolute atomic E-state index is 6.95. The third-order valence-electron chi connectivity index (χ3n) is 16.8. The summed E-state index contributed by atoms with van der Waals surface area (Å²) in [5, 5.41) is 23.1. The summed E-state index contributed by atoms with van der Waals surface area (Å²) < 4.78 is 2.43. The van der Waals surface area contributed by atoms with Crippen molar-refractivity contribution in [2.24, 2.45) is 0 Å². The summed E-state index contributed by atoms with van der Waals surface area (Å²) in [5.74, 6) is 0. The molecule has 0 amide bonds. The molecule has 0 spiro atoms. The molecule has 3 aromatic heterocycles. The van der Waals surface area contributed by atoms with Gasteiger partial charge in [0.1, 0.15) is 0 Å². The van der Waals surface area contributed by atoms with Gasteiger partial charge in [0.05, 0.1) is 0 Å². The summed E-state index contributed by atoms with van der Waals surface area (Å²) in [6.45, 7) is 0. The molecule has 3 heterocycles. The minimum absolute atomic E-state index is 0.954. The molecule has 0 radical (unpaired) electrons. The van der Waals surface area contributed by atoms with Crippen LogP contribution in [0, 0.1) is 0 Å². The van der Waals surface area contributed by atoms with Crippen LogP contribution >= 0.6 is 11.5 Å². The molecule has 0 aliphatic carbocycles. The van der Waals surface area contributed by atoms with Gasteiger partial charge in [-0.05, 0) is 67.4 Å². The van der Waals surface area contributed by atoms with Crippen LogP contribution < -0.4 is 31.8 Å². The number of fused-ring (bicyclic) bond motifs is 14. The molecule has 0 bridgehead atoms. The molecule has 0 aliphatic rings. The van der Waals surface area contributed by atoms with Crippen molar-refractivity contribution in [1.82, 2.24) is 14.4 Å². The molecule has 0 fully saturated rings. The molecule has 380 valence electrons. The van der Waals surface area contributed by atoms with E-state index in [2.05, 4.69) is 297 Å². The molecule has 7 heteroatoms. The minimum atomic E-state index is -2.49. The zero-order valence-electron chi connectivity index (χ0n) is 43.7. The summed E-state index contributed by atoms with van der Waals surface area (Å²) in [5.41, 5.74) is 6.46. The molecule has 16 rings (SSSR count). The zero-order chi connectivity index (χ0) is 53.8. The van der Waals surface area contributed by atoms with Crippen molar-refractivity contribution in [3.8, 4) is 22.3 Å². The van der Waals surface area contributed by atoms with Crippen LogP contribution in [-0.4, -0.2) is 29.5 Å². The third kappa shape index (κ3) is 7.62. The average Bonchev–Trinajstić information content (AvgIpc) is 3.46. The Morgan fingerprint density at radius 2 is 0.926 bits per heavy atom. The first kappa shape index (κ1) is 48.3. The fourth-order valence-electron chi connectivity index (χ4n) is 12.8. The fraction of sp³-hybridized carbons (Fsp3) is 0. The van der Waals surface area contributed by atoms with Gasteiger partial charge >= 0.3 is 280 Å². The van der Waals surface area contributed by atoms with Crippen LogP contribution in [0.4, 0.5) is 0 Å². The van der Waals surface area contributed by atoms with Gasteiger partial charge in [-0.15, -0.1) is 0 Å². The van der Waals surface area contributed by atoms with E-state index in [-0.39, 0.29) is 0 Å². The van der Waals surface area contributed by atoms with Gasteiger partial charge in [0.25, 0.3) is 0 Å². The number of hydrogen-bond acceptors (Lipinski definition) is 3. The molecular formula is C74H47N3P2SSe. The smallest absolute Gasteiger partial charge is 0.00159 e. The summed E-state index contributed by atoms with van der Waals surface area (Å²) in [6.07, 6.45) is 3.74. The Morgan fingerprint density at radius 3 is 1.77 bits per heavy atom. The van der Waals surface area contributed by atoms with Gasteiger partial charge in [-0.1, -0.05) is 109 Å². The van der Waals surface area contributed by atoms with E-state index in [0.717, 1.165) is 65.7 Å². The van der Waals surface area contributed by atoms with E-state index in [1.807, 2.05) is 12.4 Å². The molecule has 0 aliphatic heterocycles. The van der Waals surface area contributed by atoms with E-state index in [1.165, 1.54) is 80.6 Å². The second kappa shape index (κ2) is 19.0. The Bertz CT molecular complexity index is 5380. The largest absolute Gasteiger partial charge is 0.0616 e. The van der Waals surface area contributed by atoms with Crippen molar-refractivity contribution in [3.05, 3.63) is 285 Å². The van der Waals surface area contributed by atoms with Crippen molar-refractivity contribution in [2.75, 3.05) is 0 Å². The third-order valence-corrected chi connectivity index (χ3v) is 28.7. The Hall–Kier alpha value is -8.62. The van der Waals surface area contributed by atoms with Crippen LogP contribution in [0.2, 0.25) is 0 Å². The van der Waals surface area contributed by atoms with Crippen LogP contribution in [0.15, 0.2) is 285 Å². The Labute approximate surface area is 481 Å². The van der Waals surface area contributed by atoms with Gasteiger partial charge in [0.2, 0.25) is 0 Å². The van der Waals surface area contributed by atoms with Crippen LogP contribution in [-0.2, 0) is 11.8 Å². The molecule has 0 saturated heterocycles. The van der Waals surface area contributed by atoms with Crippen LogP contribution in [0.5, 0.6) is 0 Å². The molecular weight excluding hydrogens is 1100 g/mol. The predicted octanol–water partition coefficient (Wildman–Crippen LogP) is 16.4. The molecule has 13 aromatic carbocycles. The van der Waals surface area contributed by atoms with Gasteiger partial charge in [-0.2, -0.15) is 0 Å². The molecule has 2 atom stereocenters. The quantitative estimate of drug-likeness (QED) is 0.0863. The van der Waals surface area contributed by atoms with E-state index < -0.39 is 11.5 Å². The fourth-order valence-corrected chi connectivity index (χ4v) is 22.2. The first-order valence-electron chi connectivity index (χ1n) is 27.3. The summed E-state index contributed by atoms with van der Waals surface area (Å²) in [6, 6.07) is 98.3. The topological polar surface area (TPSA) is 30.2 Å². The summed E-state index contributed by atoms with van der Waals surface area (Å²) in [7, 11) is 0. The number of imidazole rings is 1. The van der Waals surface area contributed by atoms with Gasteiger partial charge in [0, 0.05) is 23.7 Å². The van der Waals surface area contributed by atoms with Crippen molar-refractivity contribution >= 4 is 162 Å². The van der Waals surface area contributed by atoms with Crippen molar-refractivity contribution in [2.45, 2.75) is 0 Å². The molecule has 0 N–H and O–H groups in total. The van der Waals surface area contributed by atoms with E-state index in [9.17, 15) is 0 Å². The normalized spacial score (nSPS) is 13.5. The minimum Gasteiger partial charge on any atom is -0.0616 e. The van der Waals surface area contributed by atoms with E-state index in [1.54, 1.807) is 0 Å². The number of aromatic nitrogens is 3. The Balaban J connectivity index is 0.868. The van der Waals surface area contributed by atoms with Crippen molar-refractivity contribution < 1.29 is 0 Å². The molecule has 0 saturated carbocycles. The van der Waals surface area contributed by atoms with E-state index in [0.29, 0.717) is 0 Å². The number of nitrogens with zero attached hydrogens (tertiary/aromatic N) is 3. The van der Waals surface area contributed by atoms with E-state index >= 15 is 0 Å². The molecule has 3 nitrogen and oxygen atoms in total. The first-order valence-corrected chi connectivity index (χ1v) is 34.1. The van der Waals surface area contributed by atoms with Gasteiger partial charge in [-0.25, -0.2) is 0 Å². The van der Waals surface area contributed by atoms with Gasteiger partial charge in [0.15, 0.2) is 0 Å². The monoisotopic (exact) mass is 1150 g/mol. The average molecular weight is 1150 g/mol. The summed E-state index contributed by atoms with van der Waals surface area (Å²) in [4.78, 5) is 9.94. The summed E-state index contributed by atoms with van der Waals surface area (Å²) >= 11 is 10.8. The second-order valence-electron chi connectivity index (χ2n) is 21.1. The molecule has 2 unspecified atom stereocenters. The standard InChI is InChI=1S/C74H47N3P2SSe/c80-78(57-39-41-75-42-40-57,71-24-12-17-49-14-6-8-20-62(49)71)59-32-28-53-43-52(25-26-54(53)44-59)55-31-37-68-70(46-55)77-69-47-56(30-34-65(69)67-35-29-50-15-7-9-21-63(50)73(67)74(77)76-68)61-36-38-72(66-23-11-10-22-64(61)66)79(81,58-18-2-1-3-19-58)60-33-27-48-13-4-5-16-51(48)45-60/h1-47H. The second-order valence-corrected chi connectivity index (χ2v) is 31.7. The van der Waals surface area contributed by atoms with Gasteiger partial charge in [-0.3, -0.25) is 4.98 Å². The number of benzene rings is 13. The van der Waals surface area contributed by atoms with Crippen LogP contribution in [0.3, 0.4) is 0 Å². The zero-order valence-corrected chi connectivity index (χ0v) is 48.0. The first-order chi connectivity index (χ1) is 39.9. The number of rotatable bonds is 8. The van der Waals surface area contributed by atoms with E-state index in [4.69, 9.17) is 16.8 Å². The maximum Gasteiger partial charge on any atom is 0.00159 e. The van der Waals surface area contributed by atoms with Gasteiger partial charge < -0.3 is 0 Å². The predicted molar refractivity (Wildman–Crippen MR) is 354 cm³/mol. The number of pyridine rings is 2. The Kier molecular flexibility index (Phi) is 11.3. The van der Waals surface area contributed by atoms with Crippen LogP contribution in [0.25, 0.3) is 114 Å². The molecule has 81 heavy (non-hydrogen) atoms. The van der Waals surface area contributed by atoms with Crippen LogP contribution in [0.1, 0.15) is 0 Å². The van der Waals surface area contributed by atoms with Crippen molar-refractivity contribution in [1.29, 1.82) is 0 Å². The number of hydrogen-bond donors (Lipinski definition) is 0. The Morgan fingerprint density at radius 1 is 0.346 bits per heavy atom. The maximum atomic E-state index is 6.95.